The van der Waals surface area contributed by atoms with Gasteiger partial charge in [0.1, 0.15) is 5.76 Å². The molecule has 74 valence electrons. The Morgan fingerprint density at radius 3 is 3.07 bits per heavy atom. The molecule has 0 atom stereocenters. The highest BCUT2D eigenvalue weighted by Crippen LogP contribution is 2.28. The van der Waals surface area contributed by atoms with E-state index in [1.54, 1.807) is 6.26 Å². The molecule has 1 heteroatoms. The zero-order valence-corrected chi connectivity index (χ0v) is 8.49. The predicted octanol–water partition coefficient (Wildman–Crippen LogP) is 3.71. The third-order valence-corrected chi connectivity index (χ3v) is 2.85. The maximum absolute atomic E-state index is 5.38. The van der Waals surface area contributed by atoms with E-state index < -0.39 is 0 Å². The lowest BCUT2D eigenvalue weighted by molar-refractivity contribution is 0.582. The topological polar surface area (TPSA) is 13.1 Å². The number of hydrogen-bond donors (Lipinski definition) is 0. The fourth-order valence-electron chi connectivity index (χ4n) is 2.06. The number of fused-ring (bicyclic) bond motifs is 1. The highest BCUT2D eigenvalue weighted by molar-refractivity contribution is 5.60. The van der Waals surface area contributed by atoms with Crippen molar-refractivity contribution in [1.29, 1.82) is 0 Å². The van der Waals surface area contributed by atoms with Crippen molar-refractivity contribution in [2.24, 2.45) is 0 Å². The van der Waals surface area contributed by atoms with Gasteiger partial charge in [0.05, 0.1) is 6.26 Å². The molecule has 1 aliphatic rings. The van der Waals surface area contributed by atoms with Crippen molar-refractivity contribution in [3.63, 3.8) is 0 Å². The molecular formula is C14H12O. The van der Waals surface area contributed by atoms with Crippen molar-refractivity contribution in [1.82, 2.24) is 0 Å². The monoisotopic (exact) mass is 196 g/mol. The van der Waals surface area contributed by atoms with Gasteiger partial charge in [-0.1, -0.05) is 12.1 Å². The summed E-state index contributed by atoms with van der Waals surface area (Å²) >= 11 is 0. The van der Waals surface area contributed by atoms with E-state index in [2.05, 4.69) is 24.6 Å². The van der Waals surface area contributed by atoms with Crippen LogP contribution in [-0.4, -0.2) is 0 Å². The van der Waals surface area contributed by atoms with Gasteiger partial charge in [-0.05, 0) is 48.6 Å². The first-order chi connectivity index (χ1) is 7.43. The van der Waals surface area contributed by atoms with Gasteiger partial charge in [0.25, 0.3) is 0 Å². The van der Waals surface area contributed by atoms with Crippen molar-refractivity contribution in [2.45, 2.75) is 19.3 Å². The molecule has 0 N–H and O–H groups in total. The quantitative estimate of drug-likeness (QED) is 0.677. The molecular weight excluding hydrogens is 184 g/mol. The van der Waals surface area contributed by atoms with Crippen molar-refractivity contribution < 1.29 is 4.42 Å². The molecule has 1 aromatic heterocycles. The predicted molar refractivity (Wildman–Crippen MR) is 59.4 cm³/mol. The van der Waals surface area contributed by atoms with Crippen molar-refractivity contribution in [3.05, 3.63) is 54.1 Å². The molecule has 0 fully saturated rings. The Morgan fingerprint density at radius 1 is 1.20 bits per heavy atom. The van der Waals surface area contributed by atoms with Gasteiger partial charge in [0.2, 0.25) is 0 Å². The summed E-state index contributed by atoms with van der Waals surface area (Å²) in [6.45, 7) is 0. The summed E-state index contributed by atoms with van der Waals surface area (Å²) in [5.74, 6) is 0.935. The molecule has 2 aromatic rings. The first kappa shape index (κ1) is 8.78. The Morgan fingerprint density at radius 2 is 2.20 bits per heavy atom. The second-order valence-corrected chi connectivity index (χ2v) is 3.88. The van der Waals surface area contributed by atoms with E-state index in [1.807, 2.05) is 12.1 Å². The number of benzene rings is 1. The minimum absolute atomic E-state index is 0.935. The summed E-state index contributed by atoms with van der Waals surface area (Å²) in [4.78, 5) is 0. The molecule has 0 bridgehead atoms. The van der Waals surface area contributed by atoms with Crippen LogP contribution >= 0.6 is 0 Å². The molecule has 15 heavy (non-hydrogen) atoms. The van der Waals surface area contributed by atoms with Gasteiger partial charge < -0.3 is 4.42 Å². The zero-order valence-electron chi connectivity index (χ0n) is 8.49. The summed E-state index contributed by atoms with van der Waals surface area (Å²) in [5.41, 5.74) is 3.82. The van der Waals surface area contributed by atoms with Gasteiger partial charge in [-0.25, -0.2) is 0 Å². The van der Waals surface area contributed by atoms with Crippen LogP contribution in [-0.2, 0) is 6.42 Å². The Balaban J connectivity index is 2.04. The van der Waals surface area contributed by atoms with Gasteiger partial charge in [-0.3, -0.25) is 0 Å². The van der Waals surface area contributed by atoms with Crippen LogP contribution in [0.1, 0.15) is 24.0 Å². The normalized spacial score (nSPS) is 14.9. The van der Waals surface area contributed by atoms with Gasteiger partial charge >= 0.3 is 0 Å². The van der Waals surface area contributed by atoms with Crippen LogP contribution in [0.5, 0.6) is 0 Å². The molecule has 3 rings (SSSR count). The van der Waals surface area contributed by atoms with Crippen molar-refractivity contribution >= 4 is 0 Å². The Hall–Kier alpha value is -1.50. The van der Waals surface area contributed by atoms with Gasteiger partial charge in [0, 0.05) is 12.0 Å². The first-order valence-electron chi connectivity index (χ1n) is 5.34. The molecule has 0 aliphatic heterocycles. The molecule has 0 unspecified atom stereocenters. The van der Waals surface area contributed by atoms with Crippen molar-refractivity contribution in [2.75, 3.05) is 0 Å². The average Bonchev–Trinajstić information content (AvgIpc) is 2.82. The lowest BCUT2D eigenvalue weighted by Gasteiger charge is -2.15. The SMILES string of the molecule is [C]1CCCc2ccc(-c3ccco3)cc21. The minimum atomic E-state index is 0.935. The van der Waals surface area contributed by atoms with Crippen LogP contribution in [0.2, 0.25) is 0 Å². The highest BCUT2D eigenvalue weighted by Gasteiger charge is 2.11. The molecule has 0 saturated carbocycles. The standard InChI is InChI=1S/C14H12O/c1-2-5-12-10-13(8-7-11(12)4-1)14-6-3-9-15-14/h3,6-10H,1-2,4H2. The lowest BCUT2D eigenvalue weighted by Crippen LogP contribution is -2.00. The van der Waals surface area contributed by atoms with E-state index in [1.165, 1.54) is 24.0 Å². The molecule has 0 spiro atoms. The van der Waals surface area contributed by atoms with E-state index in [0.29, 0.717) is 0 Å². The number of hydrogen-bond acceptors (Lipinski definition) is 1. The van der Waals surface area contributed by atoms with Crippen LogP contribution in [0, 0.1) is 6.42 Å². The van der Waals surface area contributed by atoms with E-state index in [4.69, 9.17) is 4.42 Å². The molecule has 1 nitrogen and oxygen atoms in total. The van der Waals surface area contributed by atoms with Gasteiger partial charge in [-0.2, -0.15) is 0 Å². The van der Waals surface area contributed by atoms with E-state index in [0.717, 1.165) is 17.7 Å². The second kappa shape index (κ2) is 3.58. The summed E-state index contributed by atoms with van der Waals surface area (Å²) in [7, 11) is 0. The van der Waals surface area contributed by atoms with Crippen LogP contribution in [0.3, 0.4) is 0 Å². The van der Waals surface area contributed by atoms with E-state index >= 15 is 0 Å². The van der Waals surface area contributed by atoms with E-state index in [9.17, 15) is 0 Å². The first-order valence-corrected chi connectivity index (χ1v) is 5.34. The van der Waals surface area contributed by atoms with Crippen molar-refractivity contribution in [3.8, 4) is 11.3 Å². The number of rotatable bonds is 1. The minimum Gasteiger partial charge on any atom is -0.464 e. The smallest absolute Gasteiger partial charge is 0.133 e. The summed E-state index contributed by atoms with van der Waals surface area (Å²) in [6.07, 6.45) is 8.62. The maximum Gasteiger partial charge on any atom is 0.133 e. The van der Waals surface area contributed by atoms with Crippen LogP contribution < -0.4 is 0 Å². The molecule has 1 aromatic carbocycles. The lowest BCUT2D eigenvalue weighted by atomic mass is 9.90. The summed E-state index contributed by atoms with van der Waals surface area (Å²) < 4.78 is 5.38. The molecule has 0 saturated heterocycles. The second-order valence-electron chi connectivity index (χ2n) is 3.88. The molecule has 0 amide bonds. The van der Waals surface area contributed by atoms with Gasteiger partial charge in [-0.15, -0.1) is 0 Å². The van der Waals surface area contributed by atoms with Gasteiger partial charge in [0.15, 0.2) is 0 Å². The van der Waals surface area contributed by atoms with E-state index in [-0.39, 0.29) is 0 Å². The molecule has 1 aliphatic carbocycles. The fourth-order valence-corrected chi connectivity index (χ4v) is 2.06. The van der Waals surface area contributed by atoms with Crippen LogP contribution in [0.15, 0.2) is 41.0 Å². The maximum atomic E-state index is 5.38. The Labute approximate surface area is 89.7 Å². The fraction of sp³-hybridized carbons (Fsp3) is 0.214. The van der Waals surface area contributed by atoms with Crippen LogP contribution in [0.4, 0.5) is 0 Å². The zero-order chi connectivity index (χ0) is 10.1. The Kier molecular flexibility index (Phi) is 2.09. The third kappa shape index (κ3) is 1.58. The largest absolute Gasteiger partial charge is 0.464 e. The highest BCUT2D eigenvalue weighted by atomic mass is 16.3. The van der Waals surface area contributed by atoms with Crippen LogP contribution in [0.25, 0.3) is 11.3 Å². The average molecular weight is 196 g/mol. The Bertz CT molecular complexity index is 454. The molecule has 1 heterocycles. The summed E-state index contributed by atoms with van der Waals surface area (Å²) in [6, 6.07) is 10.4. The third-order valence-electron chi connectivity index (χ3n) is 2.85. The summed E-state index contributed by atoms with van der Waals surface area (Å²) in [5, 5.41) is 0. The number of aryl methyl sites for hydroxylation is 1. The molecule has 2 radical (unpaired) electrons. The number of furan rings is 1.